The third-order valence-corrected chi connectivity index (χ3v) is 3.82. The molecule has 144 valence electrons. The van der Waals surface area contributed by atoms with Gasteiger partial charge >= 0.3 is 0 Å². The monoisotopic (exact) mass is 368 g/mol. The lowest BCUT2D eigenvalue weighted by Gasteiger charge is -2.12. The van der Waals surface area contributed by atoms with Crippen molar-refractivity contribution in [1.29, 1.82) is 0 Å². The number of hydrogen-bond donors (Lipinski definition) is 3. The fourth-order valence-electron chi connectivity index (χ4n) is 2.40. The molecule has 0 unspecified atom stereocenters. The predicted molar refractivity (Wildman–Crippen MR) is 109 cm³/mol. The molecule has 3 N–H and O–H groups in total. The van der Waals surface area contributed by atoms with Gasteiger partial charge in [-0.05, 0) is 37.1 Å². The van der Waals surface area contributed by atoms with Crippen molar-refractivity contribution in [2.45, 2.75) is 12.8 Å². The molecule has 0 bridgehead atoms. The van der Waals surface area contributed by atoms with E-state index in [9.17, 15) is 4.79 Å². The zero-order valence-corrected chi connectivity index (χ0v) is 15.8. The van der Waals surface area contributed by atoms with Gasteiger partial charge in [0, 0.05) is 32.2 Å². The van der Waals surface area contributed by atoms with E-state index in [0.29, 0.717) is 18.7 Å². The molecule has 6 nitrogen and oxygen atoms in total. The Hall–Kier alpha value is -3.02. The van der Waals surface area contributed by atoms with Crippen LogP contribution >= 0.6 is 0 Å². The molecule has 0 spiro atoms. The summed E-state index contributed by atoms with van der Waals surface area (Å²) in [4.78, 5) is 16.1. The van der Waals surface area contributed by atoms with E-state index < -0.39 is 0 Å². The number of aliphatic imine (C=N–C) groups is 1. The van der Waals surface area contributed by atoms with Crippen molar-refractivity contribution in [2.75, 3.05) is 33.3 Å². The molecule has 2 rings (SSSR count). The van der Waals surface area contributed by atoms with Gasteiger partial charge in [-0.3, -0.25) is 9.79 Å². The largest absolute Gasteiger partial charge is 0.494 e. The number of carbonyl (C=O) groups excluding carboxylic acids is 1. The smallest absolute Gasteiger partial charge is 0.251 e. The molecule has 0 aliphatic carbocycles. The van der Waals surface area contributed by atoms with Gasteiger partial charge in [0.15, 0.2) is 5.96 Å². The van der Waals surface area contributed by atoms with E-state index >= 15 is 0 Å². The van der Waals surface area contributed by atoms with Gasteiger partial charge < -0.3 is 20.7 Å². The first-order valence-corrected chi connectivity index (χ1v) is 9.25. The Labute approximate surface area is 161 Å². The molecule has 0 fully saturated rings. The van der Waals surface area contributed by atoms with E-state index in [1.54, 1.807) is 19.2 Å². The van der Waals surface area contributed by atoms with Crippen LogP contribution in [0.1, 0.15) is 23.2 Å². The number of carbonyl (C=O) groups is 1. The molecule has 2 aromatic carbocycles. The van der Waals surface area contributed by atoms with Crippen LogP contribution in [0, 0.1) is 0 Å². The molecule has 0 aliphatic rings. The van der Waals surface area contributed by atoms with E-state index in [2.05, 4.69) is 20.9 Å². The normalized spacial score (nSPS) is 10.9. The number of rotatable bonds is 10. The molecule has 2 aromatic rings. The fourth-order valence-corrected chi connectivity index (χ4v) is 2.40. The first-order valence-electron chi connectivity index (χ1n) is 9.25. The summed E-state index contributed by atoms with van der Waals surface area (Å²) in [5.41, 5.74) is 0.681. The van der Waals surface area contributed by atoms with Gasteiger partial charge in [0.25, 0.3) is 5.91 Å². The highest BCUT2D eigenvalue weighted by Gasteiger charge is 2.03. The Kier molecular flexibility index (Phi) is 9.28. The summed E-state index contributed by atoms with van der Waals surface area (Å²) in [6.45, 7) is 2.77. The molecule has 0 saturated heterocycles. The lowest BCUT2D eigenvalue weighted by Crippen LogP contribution is -2.39. The molecule has 0 aliphatic heterocycles. The van der Waals surface area contributed by atoms with Gasteiger partial charge in [0.05, 0.1) is 6.61 Å². The summed E-state index contributed by atoms with van der Waals surface area (Å²) in [5, 5.41) is 9.40. The predicted octanol–water partition coefficient (Wildman–Crippen LogP) is 2.44. The average Bonchev–Trinajstić information content (AvgIpc) is 2.73. The Bertz CT molecular complexity index is 690. The highest BCUT2D eigenvalue weighted by atomic mass is 16.5. The minimum Gasteiger partial charge on any atom is -0.494 e. The Morgan fingerprint density at radius 1 is 0.852 bits per heavy atom. The van der Waals surface area contributed by atoms with E-state index in [4.69, 9.17) is 4.74 Å². The number of benzene rings is 2. The highest BCUT2D eigenvalue weighted by molar-refractivity contribution is 5.94. The van der Waals surface area contributed by atoms with Crippen LogP contribution in [0.15, 0.2) is 65.7 Å². The van der Waals surface area contributed by atoms with E-state index in [0.717, 1.165) is 37.6 Å². The number of ether oxygens (including phenoxy) is 1. The van der Waals surface area contributed by atoms with Crippen LogP contribution in [0.3, 0.4) is 0 Å². The van der Waals surface area contributed by atoms with Gasteiger partial charge in [-0.15, -0.1) is 0 Å². The van der Waals surface area contributed by atoms with E-state index in [1.165, 1.54) is 0 Å². The molecule has 27 heavy (non-hydrogen) atoms. The molecule has 0 aromatic heterocycles. The molecule has 1 amide bonds. The van der Waals surface area contributed by atoms with E-state index in [-0.39, 0.29) is 5.91 Å². The number of nitrogens with one attached hydrogen (secondary N) is 3. The first-order chi connectivity index (χ1) is 13.3. The van der Waals surface area contributed by atoms with Crippen LogP contribution in [0.4, 0.5) is 0 Å². The van der Waals surface area contributed by atoms with Gasteiger partial charge in [-0.2, -0.15) is 0 Å². The lowest BCUT2D eigenvalue weighted by molar-refractivity contribution is 0.0953. The Morgan fingerprint density at radius 2 is 1.44 bits per heavy atom. The van der Waals surface area contributed by atoms with Crippen LogP contribution in [0.25, 0.3) is 0 Å². The molecule has 0 saturated carbocycles. The van der Waals surface area contributed by atoms with Crippen LogP contribution in [0.5, 0.6) is 5.75 Å². The zero-order valence-electron chi connectivity index (χ0n) is 15.8. The number of guanidine groups is 1. The highest BCUT2D eigenvalue weighted by Crippen LogP contribution is 2.07. The Morgan fingerprint density at radius 3 is 2.11 bits per heavy atom. The molecular weight excluding hydrogens is 340 g/mol. The number of hydrogen-bond acceptors (Lipinski definition) is 3. The topological polar surface area (TPSA) is 74.8 Å². The van der Waals surface area contributed by atoms with Crippen molar-refractivity contribution in [3.63, 3.8) is 0 Å². The summed E-state index contributed by atoms with van der Waals surface area (Å²) in [6.07, 6.45) is 1.69. The maximum Gasteiger partial charge on any atom is 0.251 e. The second kappa shape index (κ2) is 12.4. The van der Waals surface area contributed by atoms with Crippen molar-refractivity contribution in [2.24, 2.45) is 4.99 Å². The van der Waals surface area contributed by atoms with Crippen LogP contribution in [-0.2, 0) is 0 Å². The molecule has 0 radical (unpaired) electrons. The van der Waals surface area contributed by atoms with Crippen molar-refractivity contribution in [3.8, 4) is 5.75 Å². The Balaban J connectivity index is 1.50. The average molecular weight is 368 g/mol. The second-order valence-corrected chi connectivity index (χ2v) is 5.92. The summed E-state index contributed by atoms with van der Waals surface area (Å²) in [7, 11) is 1.74. The third kappa shape index (κ3) is 8.27. The van der Waals surface area contributed by atoms with E-state index in [1.807, 2.05) is 48.5 Å². The SMILES string of the molecule is CN=C(NCCCNC(=O)c1ccccc1)NCCCOc1ccccc1. The van der Waals surface area contributed by atoms with Crippen molar-refractivity contribution < 1.29 is 9.53 Å². The molecule has 6 heteroatoms. The molecule has 0 heterocycles. The summed E-state index contributed by atoms with van der Waals surface area (Å²) < 4.78 is 5.65. The van der Waals surface area contributed by atoms with Crippen molar-refractivity contribution in [1.82, 2.24) is 16.0 Å². The van der Waals surface area contributed by atoms with Gasteiger partial charge in [0.1, 0.15) is 5.75 Å². The third-order valence-electron chi connectivity index (χ3n) is 3.82. The summed E-state index contributed by atoms with van der Waals surface area (Å²) in [5.74, 6) is 1.60. The summed E-state index contributed by atoms with van der Waals surface area (Å²) >= 11 is 0. The second-order valence-electron chi connectivity index (χ2n) is 5.92. The molecule has 0 atom stereocenters. The minimum atomic E-state index is -0.0449. The zero-order chi connectivity index (χ0) is 19.2. The van der Waals surface area contributed by atoms with Crippen LogP contribution < -0.4 is 20.7 Å². The van der Waals surface area contributed by atoms with Gasteiger partial charge in [0.2, 0.25) is 0 Å². The molecular formula is C21H28N4O2. The fraction of sp³-hybridized carbons (Fsp3) is 0.333. The maximum atomic E-state index is 11.9. The first kappa shape index (κ1) is 20.3. The quantitative estimate of drug-likeness (QED) is 0.342. The number of para-hydroxylation sites is 1. The van der Waals surface area contributed by atoms with Crippen LogP contribution in [0.2, 0.25) is 0 Å². The van der Waals surface area contributed by atoms with Gasteiger partial charge in [-0.25, -0.2) is 0 Å². The van der Waals surface area contributed by atoms with Crippen molar-refractivity contribution >= 4 is 11.9 Å². The maximum absolute atomic E-state index is 11.9. The lowest BCUT2D eigenvalue weighted by atomic mass is 10.2. The van der Waals surface area contributed by atoms with Crippen molar-refractivity contribution in [3.05, 3.63) is 66.2 Å². The number of amides is 1. The minimum absolute atomic E-state index is 0.0449. The number of nitrogens with zero attached hydrogens (tertiary/aromatic N) is 1. The standard InChI is InChI=1S/C21H28N4O2/c1-22-21(25-16-9-17-27-19-12-6-3-7-13-19)24-15-8-14-23-20(26)18-10-4-2-5-11-18/h2-7,10-13H,8-9,14-17H2,1H3,(H,23,26)(H2,22,24,25). The van der Waals surface area contributed by atoms with Gasteiger partial charge in [-0.1, -0.05) is 36.4 Å². The van der Waals surface area contributed by atoms with Crippen LogP contribution in [-0.4, -0.2) is 45.2 Å². The summed E-state index contributed by atoms with van der Waals surface area (Å²) in [6, 6.07) is 19.0.